The number of aromatic nitrogens is 1. The van der Waals surface area contributed by atoms with E-state index in [0.717, 1.165) is 35.9 Å². The Morgan fingerprint density at radius 1 is 1.12 bits per heavy atom. The van der Waals surface area contributed by atoms with E-state index in [1.807, 2.05) is 36.4 Å². The number of anilines is 1. The molecule has 1 aromatic heterocycles. The van der Waals surface area contributed by atoms with Gasteiger partial charge in [-0.25, -0.2) is 9.78 Å². The second kappa shape index (κ2) is 6.57. The Labute approximate surface area is 144 Å². The van der Waals surface area contributed by atoms with Crippen LogP contribution in [0.5, 0.6) is 0 Å². The quantitative estimate of drug-likeness (QED) is 0.682. The van der Waals surface area contributed by atoms with Crippen molar-refractivity contribution in [3.05, 3.63) is 48.5 Å². The third-order valence-corrected chi connectivity index (χ3v) is 4.48. The number of amides is 2. The summed E-state index contributed by atoms with van der Waals surface area (Å²) in [5.74, 6) is 0.547. The molecule has 2 aromatic carbocycles. The highest BCUT2D eigenvalue weighted by Gasteiger charge is 2.26. The molecule has 2 atom stereocenters. The number of benzene rings is 2. The smallest absolute Gasteiger partial charge is 0.319 e. The van der Waals surface area contributed by atoms with Gasteiger partial charge in [0, 0.05) is 11.3 Å². The maximum atomic E-state index is 12.0. The minimum atomic E-state index is -0.452. The highest BCUT2D eigenvalue weighted by molar-refractivity contribution is 5.89. The molecular formula is C19H19N3O3. The molecule has 0 spiro atoms. The molecule has 1 fully saturated rings. The summed E-state index contributed by atoms with van der Waals surface area (Å²) in [4.78, 5) is 16.5. The summed E-state index contributed by atoms with van der Waals surface area (Å²) in [6.07, 6.45) is 2.04. The molecule has 0 radical (unpaired) electrons. The van der Waals surface area contributed by atoms with E-state index in [0.29, 0.717) is 11.6 Å². The van der Waals surface area contributed by atoms with E-state index in [2.05, 4.69) is 15.6 Å². The molecular weight excluding hydrogens is 318 g/mol. The molecule has 0 saturated heterocycles. The lowest BCUT2D eigenvalue weighted by Crippen LogP contribution is -2.42. The standard InChI is InChI=1S/C19H19N3O3/c23-16-6-3-5-14(16)22-19(24)20-13-10-8-12(9-11-13)18-21-15-4-1-2-7-17(15)25-18/h1-2,4,7-11,14,16,23H,3,5-6H2,(H2,20,22,24)/t14-,16-/m1/s1. The first-order chi connectivity index (χ1) is 12.2. The van der Waals surface area contributed by atoms with Crippen LogP contribution < -0.4 is 10.6 Å². The fourth-order valence-electron chi connectivity index (χ4n) is 3.14. The van der Waals surface area contributed by atoms with Crippen LogP contribution in [-0.2, 0) is 0 Å². The predicted octanol–water partition coefficient (Wildman–Crippen LogP) is 3.53. The van der Waals surface area contributed by atoms with Crippen LogP contribution in [0.4, 0.5) is 10.5 Å². The van der Waals surface area contributed by atoms with Crippen LogP contribution in [0.3, 0.4) is 0 Å². The van der Waals surface area contributed by atoms with Crippen LogP contribution in [0, 0.1) is 0 Å². The SMILES string of the molecule is O=C(Nc1ccc(-c2nc3ccccc3o2)cc1)N[C@@H]1CCC[C@H]1O. The molecule has 6 nitrogen and oxygen atoms in total. The van der Waals surface area contributed by atoms with Gasteiger partial charge >= 0.3 is 6.03 Å². The third-order valence-electron chi connectivity index (χ3n) is 4.48. The van der Waals surface area contributed by atoms with Crippen molar-refractivity contribution in [2.45, 2.75) is 31.4 Å². The number of aliphatic hydroxyl groups excluding tert-OH is 1. The van der Waals surface area contributed by atoms with Crippen molar-refractivity contribution in [2.75, 3.05) is 5.32 Å². The maximum Gasteiger partial charge on any atom is 0.319 e. The Morgan fingerprint density at radius 2 is 1.92 bits per heavy atom. The van der Waals surface area contributed by atoms with Crippen molar-refractivity contribution in [3.63, 3.8) is 0 Å². The Bertz CT molecular complexity index is 855. The third kappa shape index (κ3) is 3.34. The fraction of sp³-hybridized carbons (Fsp3) is 0.263. The van der Waals surface area contributed by atoms with Gasteiger partial charge in [0.1, 0.15) is 5.52 Å². The molecule has 128 valence electrons. The monoisotopic (exact) mass is 337 g/mol. The van der Waals surface area contributed by atoms with E-state index in [-0.39, 0.29) is 12.1 Å². The van der Waals surface area contributed by atoms with Gasteiger partial charge in [0.05, 0.1) is 12.1 Å². The average Bonchev–Trinajstić information content (AvgIpc) is 3.22. The van der Waals surface area contributed by atoms with Gasteiger partial charge in [0.25, 0.3) is 0 Å². The highest BCUT2D eigenvalue weighted by atomic mass is 16.3. The van der Waals surface area contributed by atoms with Crippen LogP contribution in [0.25, 0.3) is 22.6 Å². The first kappa shape index (κ1) is 15.7. The number of hydrogen-bond donors (Lipinski definition) is 3. The molecule has 1 aliphatic carbocycles. The first-order valence-corrected chi connectivity index (χ1v) is 8.41. The summed E-state index contributed by atoms with van der Waals surface area (Å²) < 4.78 is 5.74. The van der Waals surface area contributed by atoms with Gasteiger partial charge in [-0.3, -0.25) is 0 Å². The second-order valence-electron chi connectivity index (χ2n) is 6.27. The molecule has 4 rings (SSSR count). The maximum absolute atomic E-state index is 12.0. The van der Waals surface area contributed by atoms with Crippen molar-refractivity contribution in [1.29, 1.82) is 0 Å². The largest absolute Gasteiger partial charge is 0.436 e. The Balaban J connectivity index is 1.43. The average molecular weight is 337 g/mol. The number of nitrogens with one attached hydrogen (secondary N) is 2. The molecule has 1 saturated carbocycles. The number of aliphatic hydroxyl groups is 1. The molecule has 3 N–H and O–H groups in total. The summed E-state index contributed by atoms with van der Waals surface area (Å²) in [6, 6.07) is 14.4. The van der Waals surface area contributed by atoms with E-state index < -0.39 is 6.10 Å². The first-order valence-electron chi connectivity index (χ1n) is 8.41. The lowest BCUT2D eigenvalue weighted by atomic mass is 10.2. The molecule has 3 aromatic rings. The number of nitrogens with zero attached hydrogens (tertiary/aromatic N) is 1. The topological polar surface area (TPSA) is 87.4 Å². The van der Waals surface area contributed by atoms with Crippen LogP contribution in [0.2, 0.25) is 0 Å². The molecule has 1 heterocycles. The Kier molecular flexibility index (Phi) is 4.11. The lowest BCUT2D eigenvalue weighted by molar-refractivity contribution is 0.151. The molecule has 6 heteroatoms. The van der Waals surface area contributed by atoms with Gasteiger partial charge in [-0.1, -0.05) is 12.1 Å². The lowest BCUT2D eigenvalue weighted by Gasteiger charge is -2.16. The van der Waals surface area contributed by atoms with Crippen LogP contribution >= 0.6 is 0 Å². The van der Waals surface area contributed by atoms with Crippen LogP contribution in [-0.4, -0.2) is 28.3 Å². The van der Waals surface area contributed by atoms with Gasteiger partial charge in [-0.2, -0.15) is 0 Å². The number of rotatable bonds is 3. The Hall–Kier alpha value is -2.86. The van der Waals surface area contributed by atoms with Gasteiger partial charge in [0.15, 0.2) is 5.58 Å². The van der Waals surface area contributed by atoms with Crippen molar-refractivity contribution in [1.82, 2.24) is 10.3 Å². The fourth-order valence-corrected chi connectivity index (χ4v) is 3.14. The zero-order valence-electron chi connectivity index (χ0n) is 13.6. The highest BCUT2D eigenvalue weighted by Crippen LogP contribution is 2.25. The summed E-state index contributed by atoms with van der Waals surface area (Å²) in [5.41, 5.74) is 3.07. The number of urea groups is 1. The van der Waals surface area contributed by atoms with Gasteiger partial charge in [-0.15, -0.1) is 0 Å². The van der Waals surface area contributed by atoms with E-state index in [1.54, 1.807) is 12.1 Å². The number of carbonyl (C=O) groups is 1. The summed E-state index contributed by atoms with van der Waals surface area (Å²) in [5, 5.41) is 15.4. The number of fused-ring (bicyclic) bond motifs is 1. The van der Waals surface area contributed by atoms with E-state index >= 15 is 0 Å². The van der Waals surface area contributed by atoms with Crippen molar-refractivity contribution in [2.24, 2.45) is 0 Å². The number of carbonyl (C=O) groups excluding carboxylic acids is 1. The van der Waals surface area contributed by atoms with Gasteiger partial charge in [0.2, 0.25) is 5.89 Å². The second-order valence-corrected chi connectivity index (χ2v) is 6.27. The molecule has 0 bridgehead atoms. The Morgan fingerprint density at radius 3 is 2.64 bits per heavy atom. The number of hydrogen-bond acceptors (Lipinski definition) is 4. The summed E-state index contributed by atoms with van der Waals surface area (Å²) >= 11 is 0. The summed E-state index contributed by atoms with van der Waals surface area (Å²) in [7, 11) is 0. The predicted molar refractivity (Wildman–Crippen MR) is 95.2 cm³/mol. The molecule has 0 unspecified atom stereocenters. The molecule has 2 amide bonds. The van der Waals surface area contributed by atoms with Gasteiger partial charge in [-0.05, 0) is 55.7 Å². The minimum absolute atomic E-state index is 0.168. The number of para-hydroxylation sites is 2. The van der Waals surface area contributed by atoms with E-state index in [9.17, 15) is 9.90 Å². The molecule has 0 aliphatic heterocycles. The molecule has 25 heavy (non-hydrogen) atoms. The van der Waals surface area contributed by atoms with E-state index in [1.165, 1.54) is 0 Å². The van der Waals surface area contributed by atoms with Crippen LogP contribution in [0.15, 0.2) is 52.9 Å². The van der Waals surface area contributed by atoms with Crippen molar-refractivity contribution in [3.8, 4) is 11.5 Å². The zero-order chi connectivity index (χ0) is 17.2. The minimum Gasteiger partial charge on any atom is -0.436 e. The molecule has 1 aliphatic rings. The normalized spacial score (nSPS) is 19.9. The zero-order valence-corrected chi connectivity index (χ0v) is 13.6. The van der Waals surface area contributed by atoms with E-state index in [4.69, 9.17) is 4.42 Å². The van der Waals surface area contributed by atoms with Crippen molar-refractivity contribution >= 4 is 22.8 Å². The van der Waals surface area contributed by atoms with Gasteiger partial charge < -0.3 is 20.2 Å². The summed E-state index contributed by atoms with van der Waals surface area (Å²) in [6.45, 7) is 0. The van der Waals surface area contributed by atoms with Crippen LogP contribution in [0.1, 0.15) is 19.3 Å². The number of oxazole rings is 1. The van der Waals surface area contributed by atoms with Crippen molar-refractivity contribution < 1.29 is 14.3 Å².